The lowest BCUT2D eigenvalue weighted by molar-refractivity contribution is -0.119. The molecule has 116 valence electrons. The number of aromatic nitrogens is 1. The van der Waals surface area contributed by atoms with Gasteiger partial charge in [0.05, 0.1) is 24.4 Å². The number of allylic oxidation sites excluding steroid dienone is 1. The molecular weight excluding hydrogens is 300 g/mol. The maximum absolute atomic E-state index is 12.0. The summed E-state index contributed by atoms with van der Waals surface area (Å²) in [5.74, 6) is 1.42. The molecule has 1 amide bonds. The molecule has 0 unspecified atom stereocenters. The zero-order valence-corrected chi connectivity index (χ0v) is 13.5. The highest BCUT2D eigenvalue weighted by Gasteiger charge is 2.29. The Morgan fingerprint density at radius 2 is 2.09 bits per heavy atom. The monoisotopic (exact) mass is 318 g/mol. The quantitative estimate of drug-likeness (QED) is 0.797. The van der Waals surface area contributed by atoms with E-state index in [-0.39, 0.29) is 11.8 Å². The molecule has 0 N–H and O–H groups in total. The van der Waals surface area contributed by atoms with Crippen LogP contribution in [0.3, 0.4) is 0 Å². The fraction of sp³-hybridized carbons (Fsp3) is 0.375. The SMILES string of the molecule is C=CCn1c(=NC(=O)C2CC2)sc2cc(OC)c(OC)cc21. The molecule has 6 heteroatoms. The molecule has 1 aliphatic rings. The zero-order valence-electron chi connectivity index (χ0n) is 12.7. The summed E-state index contributed by atoms with van der Waals surface area (Å²) in [5, 5.41) is 0. The highest BCUT2D eigenvalue weighted by Crippen LogP contribution is 2.34. The number of thiazole rings is 1. The Morgan fingerprint density at radius 1 is 1.41 bits per heavy atom. The normalized spacial score (nSPS) is 15.1. The maximum Gasteiger partial charge on any atom is 0.251 e. The molecule has 0 bridgehead atoms. The van der Waals surface area contributed by atoms with Crippen molar-refractivity contribution < 1.29 is 14.3 Å². The molecule has 2 aromatic rings. The first kappa shape index (κ1) is 14.8. The van der Waals surface area contributed by atoms with E-state index >= 15 is 0 Å². The number of carbonyl (C=O) groups is 1. The minimum Gasteiger partial charge on any atom is -0.493 e. The number of rotatable bonds is 5. The van der Waals surface area contributed by atoms with Crippen molar-refractivity contribution >= 4 is 27.5 Å². The Balaban J connectivity index is 2.21. The van der Waals surface area contributed by atoms with Crippen LogP contribution < -0.4 is 14.3 Å². The van der Waals surface area contributed by atoms with Crippen LogP contribution in [0.4, 0.5) is 0 Å². The third-order valence-corrected chi connectivity index (χ3v) is 4.67. The van der Waals surface area contributed by atoms with Crippen molar-refractivity contribution in [2.75, 3.05) is 14.2 Å². The Kier molecular flexibility index (Phi) is 4.02. The second-order valence-electron chi connectivity index (χ2n) is 5.18. The van der Waals surface area contributed by atoms with Gasteiger partial charge in [-0.1, -0.05) is 17.4 Å². The number of hydrogen-bond donors (Lipinski definition) is 0. The van der Waals surface area contributed by atoms with Crippen molar-refractivity contribution in [2.45, 2.75) is 19.4 Å². The van der Waals surface area contributed by atoms with Gasteiger partial charge in [-0.15, -0.1) is 6.58 Å². The predicted molar refractivity (Wildman–Crippen MR) is 86.4 cm³/mol. The van der Waals surface area contributed by atoms with Gasteiger partial charge in [0.25, 0.3) is 5.91 Å². The summed E-state index contributed by atoms with van der Waals surface area (Å²) in [6.45, 7) is 4.38. The van der Waals surface area contributed by atoms with Crippen molar-refractivity contribution in [2.24, 2.45) is 10.9 Å². The van der Waals surface area contributed by atoms with Crippen molar-refractivity contribution in [3.05, 3.63) is 29.6 Å². The average Bonchev–Trinajstić information content (AvgIpc) is 3.32. The number of ether oxygens (including phenoxy) is 2. The number of nitrogens with zero attached hydrogens (tertiary/aromatic N) is 2. The highest BCUT2D eigenvalue weighted by atomic mass is 32.1. The second kappa shape index (κ2) is 5.96. The number of methoxy groups -OCH3 is 2. The number of hydrogen-bond acceptors (Lipinski definition) is 4. The van der Waals surface area contributed by atoms with Gasteiger partial charge >= 0.3 is 0 Å². The van der Waals surface area contributed by atoms with Crippen molar-refractivity contribution in [3.63, 3.8) is 0 Å². The summed E-state index contributed by atoms with van der Waals surface area (Å²) in [7, 11) is 3.22. The smallest absolute Gasteiger partial charge is 0.251 e. The summed E-state index contributed by atoms with van der Waals surface area (Å²) in [5.41, 5.74) is 0.963. The van der Waals surface area contributed by atoms with Crippen LogP contribution in [-0.2, 0) is 11.3 Å². The van der Waals surface area contributed by atoms with Gasteiger partial charge < -0.3 is 14.0 Å². The van der Waals surface area contributed by atoms with Crippen LogP contribution in [0.2, 0.25) is 0 Å². The number of carbonyl (C=O) groups excluding carboxylic acids is 1. The third-order valence-electron chi connectivity index (χ3n) is 3.63. The van der Waals surface area contributed by atoms with Gasteiger partial charge in [0, 0.05) is 24.6 Å². The highest BCUT2D eigenvalue weighted by molar-refractivity contribution is 7.16. The molecule has 0 radical (unpaired) electrons. The molecule has 0 spiro atoms. The fourth-order valence-corrected chi connectivity index (χ4v) is 3.36. The van der Waals surface area contributed by atoms with E-state index in [0.717, 1.165) is 23.1 Å². The topological polar surface area (TPSA) is 52.8 Å². The lowest BCUT2D eigenvalue weighted by atomic mass is 10.3. The molecule has 0 atom stereocenters. The lowest BCUT2D eigenvalue weighted by Crippen LogP contribution is -2.16. The van der Waals surface area contributed by atoms with Crippen LogP contribution in [-0.4, -0.2) is 24.7 Å². The van der Waals surface area contributed by atoms with E-state index in [1.807, 2.05) is 16.7 Å². The molecule has 1 aliphatic carbocycles. The number of fused-ring (bicyclic) bond motifs is 1. The molecule has 1 aromatic carbocycles. The molecular formula is C16H18N2O3S. The average molecular weight is 318 g/mol. The standard InChI is InChI=1S/C16H18N2O3S/c1-4-7-18-11-8-12(20-2)13(21-3)9-14(11)22-16(18)17-15(19)10-5-6-10/h4,8-10H,1,5-7H2,2-3H3. The van der Waals surface area contributed by atoms with Crippen molar-refractivity contribution in [1.82, 2.24) is 4.57 Å². The number of amides is 1. The second-order valence-corrected chi connectivity index (χ2v) is 6.19. The molecule has 3 rings (SSSR count). The fourth-order valence-electron chi connectivity index (χ4n) is 2.30. The van der Waals surface area contributed by atoms with E-state index in [4.69, 9.17) is 9.47 Å². The molecule has 0 aliphatic heterocycles. The first-order valence-electron chi connectivity index (χ1n) is 7.12. The van der Waals surface area contributed by atoms with Crippen molar-refractivity contribution in [3.8, 4) is 11.5 Å². The summed E-state index contributed by atoms with van der Waals surface area (Å²) in [4.78, 5) is 17.0. The first-order valence-corrected chi connectivity index (χ1v) is 7.94. The molecule has 1 saturated carbocycles. The summed E-state index contributed by atoms with van der Waals surface area (Å²) < 4.78 is 13.7. The van der Waals surface area contributed by atoms with Gasteiger partial charge in [0.15, 0.2) is 16.3 Å². The van der Waals surface area contributed by atoms with Crippen molar-refractivity contribution in [1.29, 1.82) is 0 Å². The summed E-state index contributed by atoms with van der Waals surface area (Å²) in [6, 6.07) is 3.83. The Morgan fingerprint density at radius 3 is 2.68 bits per heavy atom. The first-order chi connectivity index (χ1) is 10.7. The molecule has 1 heterocycles. The third kappa shape index (κ3) is 2.66. The van der Waals surface area contributed by atoms with Crippen LogP contribution in [0.25, 0.3) is 10.2 Å². The molecule has 5 nitrogen and oxygen atoms in total. The van der Waals surface area contributed by atoms with E-state index in [9.17, 15) is 4.79 Å². The van der Waals surface area contributed by atoms with E-state index in [1.165, 1.54) is 11.3 Å². The van der Waals surface area contributed by atoms with E-state index < -0.39 is 0 Å². The lowest BCUT2D eigenvalue weighted by Gasteiger charge is -2.08. The van der Waals surface area contributed by atoms with E-state index in [0.29, 0.717) is 22.8 Å². The number of benzene rings is 1. The minimum atomic E-state index is -0.0247. The predicted octanol–water partition coefficient (Wildman–Crippen LogP) is 2.74. The van der Waals surface area contributed by atoms with Gasteiger partial charge in [0.2, 0.25) is 0 Å². The van der Waals surface area contributed by atoms with Gasteiger partial charge in [-0.2, -0.15) is 4.99 Å². The van der Waals surface area contributed by atoms with Gasteiger partial charge in [-0.3, -0.25) is 4.79 Å². The minimum absolute atomic E-state index is 0.0247. The van der Waals surface area contributed by atoms with Crippen LogP contribution in [0, 0.1) is 5.92 Å². The van der Waals surface area contributed by atoms with Crippen LogP contribution >= 0.6 is 11.3 Å². The van der Waals surface area contributed by atoms with Crippen LogP contribution in [0.5, 0.6) is 11.5 Å². The van der Waals surface area contributed by atoms with Gasteiger partial charge in [-0.25, -0.2) is 0 Å². The summed E-state index contributed by atoms with van der Waals surface area (Å²) in [6.07, 6.45) is 3.70. The van der Waals surface area contributed by atoms with Crippen LogP contribution in [0.15, 0.2) is 29.8 Å². The molecule has 0 saturated heterocycles. The zero-order chi connectivity index (χ0) is 15.7. The Hall–Kier alpha value is -2.08. The van der Waals surface area contributed by atoms with E-state index in [2.05, 4.69) is 11.6 Å². The Bertz CT molecular complexity index is 800. The molecule has 22 heavy (non-hydrogen) atoms. The van der Waals surface area contributed by atoms with Gasteiger partial charge in [-0.05, 0) is 12.8 Å². The van der Waals surface area contributed by atoms with E-state index in [1.54, 1.807) is 20.3 Å². The maximum atomic E-state index is 12.0. The Labute approximate surface area is 132 Å². The van der Waals surface area contributed by atoms with Gasteiger partial charge in [0.1, 0.15) is 0 Å². The molecule has 1 aromatic heterocycles. The molecule has 1 fully saturated rings. The van der Waals surface area contributed by atoms with Crippen LogP contribution in [0.1, 0.15) is 12.8 Å². The largest absolute Gasteiger partial charge is 0.493 e. The summed E-state index contributed by atoms with van der Waals surface area (Å²) >= 11 is 1.48.